The zero-order chi connectivity index (χ0) is 25.4. The minimum atomic E-state index is -1.82. The first-order valence-electron chi connectivity index (χ1n) is 11.1. The molecule has 0 amide bonds. The molecule has 188 valence electrons. The standard InChI is InChI=1S/C23H28N2O4.C2H2O4/c1-28-19-5-2-4-17(14-19)23(27)9-12-25(13-10-23)15-18(26)16-29-22-7-3-6-21-20(22)8-11-24-21;3-1(4)2(5)6/h2-8,11,14,18,24,26-27H,9-10,12-13,15-16H2,1H3;(H,3,4)(H,5,6)/t18-;/m0./s1. The van der Waals surface area contributed by atoms with Crippen LogP contribution in [0.15, 0.2) is 54.7 Å². The number of aliphatic hydroxyl groups excluding tert-OH is 1. The number of piperidine rings is 1. The number of rotatable bonds is 7. The Morgan fingerprint density at radius 1 is 1.09 bits per heavy atom. The van der Waals surface area contributed by atoms with Crippen molar-refractivity contribution < 1.29 is 39.5 Å². The molecule has 35 heavy (non-hydrogen) atoms. The maximum Gasteiger partial charge on any atom is 0.414 e. The van der Waals surface area contributed by atoms with Gasteiger partial charge < -0.3 is 39.8 Å². The monoisotopic (exact) mass is 486 g/mol. The van der Waals surface area contributed by atoms with Gasteiger partial charge in [-0.2, -0.15) is 0 Å². The highest BCUT2D eigenvalue weighted by atomic mass is 16.5. The highest BCUT2D eigenvalue weighted by molar-refractivity contribution is 6.27. The third-order valence-electron chi connectivity index (χ3n) is 5.93. The van der Waals surface area contributed by atoms with Crippen molar-refractivity contribution >= 4 is 22.8 Å². The molecule has 0 unspecified atom stereocenters. The van der Waals surface area contributed by atoms with Gasteiger partial charge in [-0.15, -0.1) is 0 Å². The molecule has 10 heteroatoms. The first kappa shape index (κ1) is 26.0. The van der Waals surface area contributed by atoms with Crippen molar-refractivity contribution in [2.24, 2.45) is 0 Å². The summed E-state index contributed by atoms with van der Waals surface area (Å²) < 4.78 is 11.1. The molecule has 0 bridgehead atoms. The summed E-state index contributed by atoms with van der Waals surface area (Å²) in [6.07, 6.45) is 2.53. The van der Waals surface area contributed by atoms with Crippen LogP contribution in [0.25, 0.3) is 10.9 Å². The zero-order valence-corrected chi connectivity index (χ0v) is 19.4. The molecule has 10 nitrogen and oxygen atoms in total. The molecule has 0 aliphatic carbocycles. The van der Waals surface area contributed by atoms with E-state index in [1.54, 1.807) is 7.11 Å². The van der Waals surface area contributed by atoms with Gasteiger partial charge in [-0.1, -0.05) is 18.2 Å². The molecule has 0 radical (unpaired) electrons. The maximum absolute atomic E-state index is 11.1. The van der Waals surface area contributed by atoms with E-state index in [9.17, 15) is 10.2 Å². The van der Waals surface area contributed by atoms with Crippen LogP contribution < -0.4 is 9.47 Å². The molecule has 1 aliphatic heterocycles. The van der Waals surface area contributed by atoms with Gasteiger partial charge in [0, 0.05) is 36.7 Å². The molecule has 1 atom stereocenters. The molecular weight excluding hydrogens is 456 g/mol. The Kier molecular flexibility index (Phi) is 8.69. The maximum atomic E-state index is 11.1. The molecule has 2 heterocycles. The highest BCUT2D eigenvalue weighted by Crippen LogP contribution is 2.34. The van der Waals surface area contributed by atoms with E-state index in [4.69, 9.17) is 29.3 Å². The molecular formula is C25H30N2O8. The molecule has 1 fully saturated rings. The fourth-order valence-corrected chi connectivity index (χ4v) is 4.03. The SMILES string of the molecule is COc1cccc(C2(O)CCN(C[C@H](O)COc3cccc4[nH]ccc34)CC2)c1.O=C(O)C(=O)O. The Balaban J connectivity index is 0.000000509. The number of β-amino-alcohol motifs (C(OH)–C–C–N with tert-alkyl or cyclic N) is 1. The Morgan fingerprint density at radius 2 is 1.77 bits per heavy atom. The predicted octanol–water partition coefficient (Wildman–Crippen LogP) is 2.06. The number of nitrogens with zero attached hydrogens (tertiary/aromatic N) is 1. The predicted molar refractivity (Wildman–Crippen MR) is 128 cm³/mol. The summed E-state index contributed by atoms with van der Waals surface area (Å²) in [7, 11) is 1.63. The molecule has 5 N–H and O–H groups in total. The lowest BCUT2D eigenvalue weighted by Gasteiger charge is -2.39. The second-order valence-corrected chi connectivity index (χ2v) is 8.33. The van der Waals surface area contributed by atoms with E-state index in [1.807, 2.05) is 54.7 Å². The van der Waals surface area contributed by atoms with E-state index in [0.29, 0.717) is 19.4 Å². The smallest absolute Gasteiger partial charge is 0.414 e. The van der Waals surface area contributed by atoms with Crippen molar-refractivity contribution in [1.29, 1.82) is 0 Å². The minimum Gasteiger partial charge on any atom is -0.497 e. The first-order chi connectivity index (χ1) is 16.7. The molecule has 1 saturated heterocycles. The number of carboxylic acids is 2. The van der Waals surface area contributed by atoms with Crippen LogP contribution in [0, 0.1) is 0 Å². The van der Waals surface area contributed by atoms with Crippen molar-refractivity contribution in [3.8, 4) is 11.5 Å². The van der Waals surface area contributed by atoms with E-state index in [-0.39, 0.29) is 6.61 Å². The fraction of sp³-hybridized carbons (Fsp3) is 0.360. The van der Waals surface area contributed by atoms with Crippen LogP contribution >= 0.6 is 0 Å². The lowest BCUT2D eigenvalue weighted by Crippen LogP contribution is -2.46. The number of ether oxygens (including phenoxy) is 2. The number of benzene rings is 2. The van der Waals surface area contributed by atoms with Crippen LogP contribution in [0.4, 0.5) is 0 Å². The summed E-state index contributed by atoms with van der Waals surface area (Å²) in [6, 6.07) is 15.5. The van der Waals surface area contributed by atoms with E-state index in [2.05, 4.69) is 9.88 Å². The highest BCUT2D eigenvalue weighted by Gasteiger charge is 2.34. The number of H-pyrrole nitrogens is 1. The molecule has 1 aliphatic rings. The summed E-state index contributed by atoms with van der Waals surface area (Å²) in [5.41, 5.74) is 1.06. The number of methoxy groups -OCH3 is 1. The van der Waals surface area contributed by atoms with Gasteiger partial charge in [0.2, 0.25) is 0 Å². The molecule has 2 aromatic carbocycles. The van der Waals surface area contributed by atoms with E-state index < -0.39 is 23.6 Å². The topological polar surface area (TPSA) is 153 Å². The Labute approximate surface area is 202 Å². The van der Waals surface area contributed by atoms with Crippen molar-refractivity contribution in [3.63, 3.8) is 0 Å². The van der Waals surface area contributed by atoms with Crippen molar-refractivity contribution in [3.05, 3.63) is 60.3 Å². The van der Waals surface area contributed by atoms with E-state index in [1.165, 1.54) is 0 Å². The Hall–Kier alpha value is -3.60. The van der Waals surface area contributed by atoms with Crippen LogP contribution in [-0.4, -0.2) is 81.7 Å². The average molecular weight is 487 g/mol. The zero-order valence-electron chi connectivity index (χ0n) is 19.4. The van der Waals surface area contributed by atoms with Gasteiger partial charge in [0.1, 0.15) is 24.2 Å². The number of fused-ring (bicyclic) bond motifs is 1. The van der Waals surface area contributed by atoms with Crippen LogP contribution in [0.5, 0.6) is 11.5 Å². The summed E-state index contributed by atoms with van der Waals surface area (Å²) in [5, 5.41) is 37.3. The van der Waals surface area contributed by atoms with Crippen molar-refractivity contribution in [2.75, 3.05) is 33.4 Å². The molecule has 0 saturated carbocycles. The number of nitrogens with one attached hydrogen (secondary N) is 1. The van der Waals surface area contributed by atoms with Gasteiger partial charge in [0.15, 0.2) is 0 Å². The van der Waals surface area contributed by atoms with Crippen LogP contribution in [0.1, 0.15) is 18.4 Å². The first-order valence-corrected chi connectivity index (χ1v) is 11.1. The van der Waals surface area contributed by atoms with Gasteiger partial charge in [-0.3, -0.25) is 0 Å². The molecule has 4 rings (SSSR count). The van der Waals surface area contributed by atoms with Gasteiger partial charge in [-0.25, -0.2) is 9.59 Å². The van der Waals surface area contributed by atoms with Crippen molar-refractivity contribution in [2.45, 2.75) is 24.5 Å². The minimum absolute atomic E-state index is 0.237. The number of aliphatic carboxylic acids is 2. The third-order valence-corrected chi connectivity index (χ3v) is 5.93. The summed E-state index contributed by atoms with van der Waals surface area (Å²) in [4.78, 5) is 23.5. The third kappa shape index (κ3) is 6.95. The number of hydrogen-bond acceptors (Lipinski definition) is 7. The van der Waals surface area contributed by atoms with E-state index >= 15 is 0 Å². The van der Waals surface area contributed by atoms with Gasteiger partial charge in [-0.05, 0) is 48.7 Å². The number of aromatic nitrogens is 1. The number of carbonyl (C=O) groups is 2. The Morgan fingerprint density at radius 3 is 2.43 bits per heavy atom. The number of aromatic amines is 1. The quantitative estimate of drug-likeness (QED) is 0.316. The number of likely N-dealkylation sites (tertiary alicyclic amines) is 1. The van der Waals surface area contributed by atoms with Gasteiger partial charge in [0.05, 0.1) is 12.7 Å². The second kappa shape index (κ2) is 11.7. The summed E-state index contributed by atoms with van der Waals surface area (Å²) in [6.45, 7) is 2.20. The van der Waals surface area contributed by atoms with E-state index in [0.717, 1.165) is 41.1 Å². The van der Waals surface area contributed by atoms with Crippen LogP contribution in [0.2, 0.25) is 0 Å². The van der Waals surface area contributed by atoms with Crippen molar-refractivity contribution in [1.82, 2.24) is 9.88 Å². The number of aliphatic hydroxyl groups is 2. The van der Waals surface area contributed by atoms with Gasteiger partial charge >= 0.3 is 11.9 Å². The fourth-order valence-electron chi connectivity index (χ4n) is 4.03. The average Bonchev–Trinajstić information content (AvgIpc) is 3.34. The largest absolute Gasteiger partial charge is 0.497 e. The molecule has 0 spiro atoms. The number of hydrogen-bond donors (Lipinski definition) is 5. The lowest BCUT2D eigenvalue weighted by molar-refractivity contribution is -0.159. The second-order valence-electron chi connectivity index (χ2n) is 8.33. The molecule has 3 aromatic rings. The normalized spacial score (nSPS) is 16.1. The Bertz CT molecular complexity index is 1130. The summed E-state index contributed by atoms with van der Waals surface area (Å²) in [5.74, 6) is -2.12. The van der Waals surface area contributed by atoms with Gasteiger partial charge in [0.25, 0.3) is 0 Å². The van der Waals surface area contributed by atoms with Crippen LogP contribution in [-0.2, 0) is 15.2 Å². The van der Waals surface area contributed by atoms with Crippen LogP contribution in [0.3, 0.4) is 0 Å². The number of carboxylic acid groups (broad SMARTS) is 2. The summed E-state index contributed by atoms with van der Waals surface area (Å²) >= 11 is 0. The molecule has 1 aromatic heterocycles. The lowest BCUT2D eigenvalue weighted by atomic mass is 9.84.